The molecular weight excluding hydrogens is 331 g/mol. The minimum atomic E-state index is -0.283. The summed E-state index contributed by atoms with van der Waals surface area (Å²) in [7, 11) is 0. The molecule has 4 nitrogen and oxygen atoms in total. The highest BCUT2D eigenvalue weighted by atomic mass is 19.1. The topological polar surface area (TPSA) is 40.6 Å². The molecule has 2 aliphatic rings. The quantitative estimate of drug-likeness (QED) is 0.829. The van der Waals surface area contributed by atoms with Crippen LogP contribution in [0, 0.1) is 17.2 Å². The first-order valence-corrected chi connectivity index (χ1v) is 9.57. The lowest BCUT2D eigenvalue weighted by atomic mass is 9.88. The maximum absolute atomic E-state index is 13.3. The molecule has 0 aromatic heterocycles. The van der Waals surface area contributed by atoms with Gasteiger partial charge in [0, 0.05) is 38.5 Å². The van der Waals surface area contributed by atoms with Crippen LogP contribution in [0.2, 0.25) is 0 Å². The fraction of sp³-hybridized carbons (Fsp3) is 0.619. The molecule has 0 N–H and O–H groups in total. The molecule has 0 saturated carbocycles. The number of likely N-dealkylation sites (tertiary alicyclic amines) is 2. The van der Waals surface area contributed by atoms with Crippen molar-refractivity contribution in [3.63, 3.8) is 0 Å². The van der Waals surface area contributed by atoms with Crippen LogP contribution < -0.4 is 0 Å². The van der Waals surface area contributed by atoms with Gasteiger partial charge >= 0.3 is 0 Å². The van der Waals surface area contributed by atoms with Crippen molar-refractivity contribution in [2.75, 3.05) is 26.2 Å². The summed E-state index contributed by atoms with van der Waals surface area (Å²) in [5.74, 6) is -0.339. The van der Waals surface area contributed by atoms with Crippen LogP contribution in [0.3, 0.4) is 0 Å². The van der Waals surface area contributed by atoms with E-state index < -0.39 is 0 Å². The SMILES string of the molecule is CC(C)(C)CC(=O)N1C[C@@H](C(=O)N2CCCC2)[C@H](c2ccc(F)cc2)C1. The van der Waals surface area contributed by atoms with Gasteiger partial charge in [-0.2, -0.15) is 0 Å². The zero-order chi connectivity index (χ0) is 18.9. The Balaban J connectivity index is 1.81. The molecule has 2 saturated heterocycles. The summed E-state index contributed by atoms with van der Waals surface area (Å²) >= 11 is 0. The first-order valence-electron chi connectivity index (χ1n) is 9.57. The van der Waals surface area contributed by atoms with Gasteiger partial charge in [-0.3, -0.25) is 9.59 Å². The largest absolute Gasteiger partial charge is 0.342 e. The fourth-order valence-corrected chi connectivity index (χ4v) is 4.04. The average molecular weight is 360 g/mol. The Hall–Kier alpha value is -1.91. The van der Waals surface area contributed by atoms with Crippen molar-refractivity contribution >= 4 is 11.8 Å². The molecule has 1 aromatic carbocycles. The Kier molecular flexibility index (Phi) is 5.35. The highest BCUT2D eigenvalue weighted by Crippen LogP contribution is 2.36. The molecule has 3 rings (SSSR count). The number of nitrogens with zero attached hydrogens (tertiary/aromatic N) is 2. The summed E-state index contributed by atoms with van der Waals surface area (Å²) in [6, 6.07) is 6.38. The summed E-state index contributed by atoms with van der Waals surface area (Å²) in [6.07, 6.45) is 2.56. The van der Waals surface area contributed by atoms with Gasteiger partial charge in [0.2, 0.25) is 11.8 Å². The van der Waals surface area contributed by atoms with E-state index in [9.17, 15) is 14.0 Å². The van der Waals surface area contributed by atoms with Gasteiger partial charge in [0.1, 0.15) is 5.82 Å². The molecule has 0 bridgehead atoms. The molecule has 0 unspecified atom stereocenters. The first kappa shape index (κ1) is 18.9. The summed E-state index contributed by atoms with van der Waals surface area (Å²) in [5, 5.41) is 0. The second-order valence-electron chi connectivity index (χ2n) is 8.83. The Morgan fingerprint density at radius 2 is 1.65 bits per heavy atom. The molecule has 2 amide bonds. The Morgan fingerprint density at radius 1 is 1.04 bits per heavy atom. The van der Waals surface area contributed by atoms with E-state index in [0.717, 1.165) is 31.5 Å². The molecular formula is C21H29FN2O2. The van der Waals surface area contributed by atoms with E-state index >= 15 is 0 Å². The highest BCUT2D eigenvalue weighted by molar-refractivity contribution is 5.83. The lowest BCUT2D eigenvalue weighted by Gasteiger charge is -2.24. The number of carbonyl (C=O) groups excluding carboxylic acids is 2. The van der Waals surface area contributed by atoms with Crippen molar-refractivity contribution < 1.29 is 14.0 Å². The normalized spacial score (nSPS) is 23.5. The summed E-state index contributed by atoms with van der Waals surface area (Å²) < 4.78 is 13.3. The third-order valence-electron chi connectivity index (χ3n) is 5.39. The Morgan fingerprint density at radius 3 is 2.23 bits per heavy atom. The number of halogens is 1. The smallest absolute Gasteiger partial charge is 0.228 e. The second kappa shape index (κ2) is 7.37. The van der Waals surface area contributed by atoms with E-state index in [-0.39, 0.29) is 34.9 Å². The molecule has 2 atom stereocenters. The minimum absolute atomic E-state index is 0.0624. The van der Waals surface area contributed by atoms with Crippen LogP contribution in [0.1, 0.15) is 51.5 Å². The fourth-order valence-electron chi connectivity index (χ4n) is 4.04. The number of rotatable bonds is 3. The number of carbonyl (C=O) groups is 2. The monoisotopic (exact) mass is 360 g/mol. The number of benzene rings is 1. The summed E-state index contributed by atoms with van der Waals surface area (Å²) in [5.41, 5.74) is 0.856. The summed E-state index contributed by atoms with van der Waals surface area (Å²) in [6.45, 7) is 8.75. The van der Waals surface area contributed by atoms with Gasteiger partial charge in [-0.05, 0) is 36.0 Å². The lowest BCUT2D eigenvalue weighted by molar-refractivity contribution is -0.135. The average Bonchev–Trinajstić information content (AvgIpc) is 3.23. The van der Waals surface area contributed by atoms with Crippen molar-refractivity contribution in [3.05, 3.63) is 35.6 Å². The third-order valence-corrected chi connectivity index (χ3v) is 5.39. The zero-order valence-electron chi connectivity index (χ0n) is 16.0. The minimum Gasteiger partial charge on any atom is -0.342 e. The van der Waals surface area contributed by atoms with E-state index in [2.05, 4.69) is 0 Å². The predicted octanol–water partition coefficient (Wildman–Crippen LogP) is 3.43. The van der Waals surface area contributed by atoms with Crippen molar-refractivity contribution in [3.8, 4) is 0 Å². The molecule has 2 fully saturated rings. The van der Waals surface area contributed by atoms with Crippen LogP contribution >= 0.6 is 0 Å². The number of hydrogen-bond donors (Lipinski definition) is 0. The van der Waals surface area contributed by atoms with Crippen LogP contribution in [0.15, 0.2) is 24.3 Å². The van der Waals surface area contributed by atoms with Gasteiger partial charge in [-0.1, -0.05) is 32.9 Å². The van der Waals surface area contributed by atoms with Crippen molar-refractivity contribution in [2.24, 2.45) is 11.3 Å². The zero-order valence-corrected chi connectivity index (χ0v) is 16.0. The maximum Gasteiger partial charge on any atom is 0.228 e. The molecule has 142 valence electrons. The highest BCUT2D eigenvalue weighted by Gasteiger charge is 2.42. The Labute approximate surface area is 155 Å². The van der Waals surface area contributed by atoms with Crippen molar-refractivity contribution in [2.45, 2.75) is 46.0 Å². The molecule has 1 aromatic rings. The van der Waals surface area contributed by atoms with Crippen LogP contribution in [0.25, 0.3) is 0 Å². The lowest BCUT2D eigenvalue weighted by Crippen LogP contribution is -2.38. The summed E-state index contributed by atoms with van der Waals surface area (Å²) in [4.78, 5) is 29.5. The predicted molar refractivity (Wildman–Crippen MR) is 99.1 cm³/mol. The van der Waals surface area contributed by atoms with E-state index in [1.807, 2.05) is 30.6 Å². The molecule has 26 heavy (non-hydrogen) atoms. The van der Waals surface area contributed by atoms with E-state index in [4.69, 9.17) is 0 Å². The third kappa shape index (κ3) is 4.25. The van der Waals surface area contributed by atoms with Crippen molar-refractivity contribution in [1.82, 2.24) is 9.80 Å². The van der Waals surface area contributed by atoms with Crippen molar-refractivity contribution in [1.29, 1.82) is 0 Å². The standard InChI is InChI=1S/C21H29FN2O2/c1-21(2,3)12-19(25)24-13-17(15-6-8-16(22)9-7-15)18(14-24)20(26)23-10-4-5-11-23/h6-9,17-18H,4-5,10-14H2,1-3H3/t17-,18+/m0/s1. The van der Waals surface area contributed by atoms with E-state index in [1.54, 1.807) is 12.1 Å². The maximum atomic E-state index is 13.3. The van der Waals surface area contributed by atoms with Crippen LogP contribution in [0.4, 0.5) is 4.39 Å². The second-order valence-corrected chi connectivity index (χ2v) is 8.83. The van der Waals surface area contributed by atoms with Gasteiger partial charge in [-0.15, -0.1) is 0 Å². The van der Waals surface area contributed by atoms with Gasteiger partial charge in [0.05, 0.1) is 5.92 Å². The van der Waals surface area contributed by atoms with Crippen LogP contribution in [-0.2, 0) is 9.59 Å². The first-order chi connectivity index (χ1) is 12.2. The molecule has 2 aliphatic heterocycles. The molecule has 0 spiro atoms. The van der Waals surface area contributed by atoms with Gasteiger partial charge in [0.25, 0.3) is 0 Å². The molecule has 0 radical (unpaired) electrons. The molecule has 5 heteroatoms. The molecule has 2 heterocycles. The van der Waals surface area contributed by atoms with E-state index in [0.29, 0.717) is 19.5 Å². The van der Waals surface area contributed by atoms with Gasteiger partial charge in [0.15, 0.2) is 0 Å². The van der Waals surface area contributed by atoms with Gasteiger partial charge in [-0.25, -0.2) is 4.39 Å². The number of amides is 2. The van der Waals surface area contributed by atoms with Crippen LogP contribution in [-0.4, -0.2) is 47.8 Å². The van der Waals surface area contributed by atoms with Gasteiger partial charge < -0.3 is 9.80 Å². The van der Waals surface area contributed by atoms with Crippen LogP contribution in [0.5, 0.6) is 0 Å². The van der Waals surface area contributed by atoms with E-state index in [1.165, 1.54) is 12.1 Å². The number of hydrogen-bond acceptors (Lipinski definition) is 2. The Bertz CT molecular complexity index is 660. The molecule has 0 aliphatic carbocycles.